The van der Waals surface area contributed by atoms with Crippen LogP contribution in [0.5, 0.6) is 0 Å². The first-order valence-electron chi connectivity index (χ1n) is 11.0. The molecule has 2 fully saturated rings. The van der Waals surface area contributed by atoms with Gasteiger partial charge in [-0.05, 0) is 48.8 Å². The van der Waals surface area contributed by atoms with Gasteiger partial charge in [-0.1, -0.05) is 45.7 Å². The standard InChI is InChI=1S/C23H31N3O5/c1-4-15(2)17-8-10-18(11-9-17)24-19(27)14-31-20(28)13-26-21(29)23(25-22(26)30)12-6-5-7-16(23)3/h8-11,15-16H,4-7,12-14H2,1-3H3,(H,24,27)(H,25,30)/t15-,16+,23+/m1/s1. The maximum atomic E-state index is 12.9. The van der Waals surface area contributed by atoms with Gasteiger partial charge in [0, 0.05) is 5.69 Å². The van der Waals surface area contributed by atoms with Crippen LogP contribution in [0.15, 0.2) is 24.3 Å². The van der Waals surface area contributed by atoms with Crippen molar-refractivity contribution < 1.29 is 23.9 Å². The number of nitrogens with one attached hydrogen (secondary N) is 2. The summed E-state index contributed by atoms with van der Waals surface area (Å²) in [5, 5.41) is 5.46. The molecule has 1 heterocycles. The molecule has 2 aliphatic rings. The number of amides is 4. The number of esters is 1. The third-order valence-electron chi connectivity index (χ3n) is 6.53. The number of carbonyl (C=O) groups excluding carboxylic acids is 4. The predicted molar refractivity (Wildman–Crippen MR) is 115 cm³/mol. The summed E-state index contributed by atoms with van der Waals surface area (Å²) in [6.07, 6.45) is 4.32. The number of carbonyl (C=O) groups is 4. The zero-order valence-electron chi connectivity index (χ0n) is 18.4. The molecule has 0 unspecified atom stereocenters. The highest BCUT2D eigenvalue weighted by molar-refractivity contribution is 6.09. The third kappa shape index (κ3) is 4.89. The second-order valence-corrected chi connectivity index (χ2v) is 8.58. The van der Waals surface area contributed by atoms with Crippen molar-refractivity contribution in [2.75, 3.05) is 18.5 Å². The summed E-state index contributed by atoms with van der Waals surface area (Å²) in [6.45, 7) is 5.20. The molecule has 3 atom stereocenters. The van der Waals surface area contributed by atoms with Crippen LogP contribution in [0.3, 0.4) is 0 Å². The normalized spacial score (nSPS) is 24.1. The number of hydrogen-bond acceptors (Lipinski definition) is 5. The SMILES string of the molecule is CC[C@@H](C)c1ccc(NC(=O)COC(=O)CN2C(=O)N[C@]3(CCCC[C@@H]3C)C2=O)cc1. The number of urea groups is 1. The lowest BCUT2D eigenvalue weighted by atomic mass is 9.73. The first-order valence-corrected chi connectivity index (χ1v) is 11.0. The second-order valence-electron chi connectivity index (χ2n) is 8.58. The number of nitrogens with zero attached hydrogens (tertiary/aromatic N) is 1. The van der Waals surface area contributed by atoms with Gasteiger partial charge in [-0.2, -0.15) is 0 Å². The Kier molecular flexibility index (Phi) is 6.97. The highest BCUT2D eigenvalue weighted by atomic mass is 16.5. The molecule has 1 aromatic rings. The Morgan fingerprint density at radius 3 is 2.61 bits per heavy atom. The van der Waals surface area contributed by atoms with Crippen molar-refractivity contribution in [2.24, 2.45) is 5.92 Å². The van der Waals surface area contributed by atoms with E-state index in [0.717, 1.165) is 30.6 Å². The Hall–Kier alpha value is -2.90. The van der Waals surface area contributed by atoms with Crippen LogP contribution >= 0.6 is 0 Å². The first kappa shape index (κ1) is 22.8. The van der Waals surface area contributed by atoms with Gasteiger partial charge in [0.2, 0.25) is 0 Å². The smallest absolute Gasteiger partial charge is 0.326 e. The van der Waals surface area contributed by atoms with Crippen LogP contribution in [0, 0.1) is 5.92 Å². The molecule has 0 aromatic heterocycles. The highest BCUT2D eigenvalue weighted by Gasteiger charge is 2.55. The van der Waals surface area contributed by atoms with Crippen molar-refractivity contribution in [3.05, 3.63) is 29.8 Å². The van der Waals surface area contributed by atoms with Gasteiger partial charge in [0.1, 0.15) is 12.1 Å². The number of anilines is 1. The summed E-state index contributed by atoms with van der Waals surface area (Å²) in [4.78, 5) is 50.4. The summed E-state index contributed by atoms with van der Waals surface area (Å²) in [6, 6.07) is 6.94. The van der Waals surface area contributed by atoms with Gasteiger partial charge in [0.15, 0.2) is 6.61 Å². The van der Waals surface area contributed by atoms with Gasteiger partial charge in [0.25, 0.3) is 11.8 Å². The van der Waals surface area contributed by atoms with Gasteiger partial charge in [-0.15, -0.1) is 0 Å². The summed E-state index contributed by atoms with van der Waals surface area (Å²) in [5.74, 6) is -1.22. The summed E-state index contributed by atoms with van der Waals surface area (Å²) < 4.78 is 4.99. The number of hydrogen-bond donors (Lipinski definition) is 2. The van der Waals surface area contributed by atoms with Crippen LogP contribution in [0.4, 0.5) is 10.5 Å². The van der Waals surface area contributed by atoms with Gasteiger partial charge in [-0.3, -0.25) is 19.3 Å². The molecule has 3 rings (SSSR count). The number of rotatable bonds is 7. The van der Waals surface area contributed by atoms with Gasteiger partial charge in [0.05, 0.1) is 0 Å². The zero-order valence-corrected chi connectivity index (χ0v) is 18.4. The van der Waals surface area contributed by atoms with E-state index in [4.69, 9.17) is 4.74 Å². The van der Waals surface area contributed by atoms with Crippen LogP contribution in [0.1, 0.15) is 64.4 Å². The largest absolute Gasteiger partial charge is 0.454 e. The molecule has 1 aromatic carbocycles. The van der Waals surface area contributed by atoms with E-state index in [1.54, 1.807) is 12.1 Å². The molecule has 0 bridgehead atoms. The molecular formula is C23H31N3O5. The van der Waals surface area contributed by atoms with Crippen LogP contribution < -0.4 is 10.6 Å². The van der Waals surface area contributed by atoms with E-state index < -0.39 is 36.6 Å². The molecule has 31 heavy (non-hydrogen) atoms. The number of imide groups is 1. The van der Waals surface area contributed by atoms with Crippen LogP contribution in [-0.2, 0) is 19.1 Å². The number of benzene rings is 1. The molecule has 1 aliphatic carbocycles. The van der Waals surface area contributed by atoms with Crippen molar-refractivity contribution in [2.45, 2.75) is 64.3 Å². The number of ether oxygens (including phenoxy) is 1. The lowest BCUT2D eigenvalue weighted by Crippen LogP contribution is -2.54. The van der Waals surface area contributed by atoms with Crippen molar-refractivity contribution >= 4 is 29.5 Å². The van der Waals surface area contributed by atoms with Gasteiger partial charge in [-0.25, -0.2) is 4.79 Å². The Balaban J connectivity index is 1.49. The highest BCUT2D eigenvalue weighted by Crippen LogP contribution is 2.38. The molecule has 8 heteroatoms. The minimum Gasteiger partial charge on any atom is -0.454 e. The van der Waals surface area contributed by atoms with E-state index in [0.29, 0.717) is 18.0 Å². The lowest BCUT2D eigenvalue weighted by molar-refractivity contribution is -0.150. The predicted octanol–water partition coefficient (Wildman–Crippen LogP) is 3.18. The first-order chi connectivity index (χ1) is 14.8. The molecule has 1 saturated carbocycles. The average Bonchev–Trinajstić information content (AvgIpc) is 2.99. The van der Waals surface area contributed by atoms with Crippen molar-refractivity contribution in [3.8, 4) is 0 Å². The van der Waals surface area contributed by atoms with E-state index >= 15 is 0 Å². The molecular weight excluding hydrogens is 398 g/mol. The van der Waals surface area contributed by atoms with Crippen LogP contribution in [0.25, 0.3) is 0 Å². The zero-order chi connectivity index (χ0) is 22.6. The minimum atomic E-state index is -0.922. The van der Waals surface area contributed by atoms with E-state index in [1.165, 1.54) is 5.56 Å². The monoisotopic (exact) mass is 429 g/mol. The van der Waals surface area contributed by atoms with Crippen molar-refractivity contribution in [3.63, 3.8) is 0 Å². The average molecular weight is 430 g/mol. The lowest BCUT2D eigenvalue weighted by Gasteiger charge is -2.36. The van der Waals surface area contributed by atoms with E-state index in [2.05, 4.69) is 24.5 Å². The molecule has 4 amide bonds. The van der Waals surface area contributed by atoms with Gasteiger partial charge >= 0.3 is 12.0 Å². The van der Waals surface area contributed by atoms with E-state index in [1.807, 2.05) is 19.1 Å². The fraction of sp³-hybridized carbons (Fsp3) is 0.565. The Morgan fingerprint density at radius 1 is 1.26 bits per heavy atom. The molecule has 168 valence electrons. The summed E-state index contributed by atoms with van der Waals surface area (Å²) >= 11 is 0. The van der Waals surface area contributed by atoms with Gasteiger partial charge < -0.3 is 15.4 Å². The Morgan fingerprint density at radius 2 is 1.97 bits per heavy atom. The van der Waals surface area contributed by atoms with Crippen LogP contribution in [0.2, 0.25) is 0 Å². The third-order valence-corrected chi connectivity index (χ3v) is 6.53. The van der Waals surface area contributed by atoms with E-state index in [9.17, 15) is 19.2 Å². The fourth-order valence-electron chi connectivity index (χ4n) is 4.29. The quantitative estimate of drug-likeness (QED) is 0.512. The Labute approximate surface area is 182 Å². The molecule has 2 N–H and O–H groups in total. The molecule has 0 radical (unpaired) electrons. The Bertz CT molecular complexity index is 853. The fourth-order valence-corrected chi connectivity index (χ4v) is 4.29. The van der Waals surface area contributed by atoms with Crippen molar-refractivity contribution in [1.82, 2.24) is 10.2 Å². The molecule has 1 saturated heterocycles. The second kappa shape index (κ2) is 9.49. The topological polar surface area (TPSA) is 105 Å². The summed E-state index contributed by atoms with van der Waals surface area (Å²) in [7, 11) is 0. The molecule has 1 spiro atoms. The maximum Gasteiger partial charge on any atom is 0.326 e. The summed E-state index contributed by atoms with van der Waals surface area (Å²) in [5.41, 5.74) is 0.870. The van der Waals surface area contributed by atoms with Crippen LogP contribution in [-0.4, -0.2) is 47.4 Å². The molecule has 1 aliphatic heterocycles. The van der Waals surface area contributed by atoms with E-state index in [-0.39, 0.29) is 11.8 Å². The minimum absolute atomic E-state index is 0.0104. The van der Waals surface area contributed by atoms with Crippen molar-refractivity contribution in [1.29, 1.82) is 0 Å². The maximum absolute atomic E-state index is 12.9. The molecule has 8 nitrogen and oxygen atoms in total.